The number of rotatable bonds is 6. The molecule has 0 aromatic heterocycles. The first-order valence-electron chi connectivity index (χ1n) is 6.94. The average Bonchev–Trinajstić information content (AvgIpc) is 2.12. The maximum absolute atomic E-state index is 6.07. The van der Waals surface area contributed by atoms with Crippen LogP contribution in [0.15, 0.2) is 0 Å². The van der Waals surface area contributed by atoms with Crippen molar-refractivity contribution in [2.75, 3.05) is 32.8 Å². The van der Waals surface area contributed by atoms with Gasteiger partial charge in [0.05, 0.1) is 11.2 Å². The van der Waals surface area contributed by atoms with Crippen LogP contribution in [0.3, 0.4) is 0 Å². The molecule has 0 atom stereocenters. The van der Waals surface area contributed by atoms with Crippen molar-refractivity contribution >= 4 is 0 Å². The lowest BCUT2D eigenvalue weighted by Crippen LogP contribution is -2.58. The van der Waals surface area contributed by atoms with Gasteiger partial charge in [-0.2, -0.15) is 0 Å². The van der Waals surface area contributed by atoms with E-state index in [1.807, 2.05) is 13.8 Å². The smallest absolute Gasteiger partial charge is 0.170 e. The van der Waals surface area contributed by atoms with Crippen LogP contribution in [0.5, 0.6) is 0 Å². The number of hydrogen-bond acceptors (Lipinski definition) is 4. The van der Waals surface area contributed by atoms with Crippen molar-refractivity contribution in [3.63, 3.8) is 0 Å². The van der Waals surface area contributed by atoms with Gasteiger partial charge in [-0.1, -0.05) is 0 Å². The van der Waals surface area contributed by atoms with Gasteiger partial charge in [-0.3, -0.25) is 4.90 Å². The third kappa shape index (κ3) is 5.22. The van der Waals surface area contributed by atoms with Gasteiger partial charge in [0.1, 0.15) is 0 Å². The van der Waals surface area contributed by atoms with Gasteiger partial charge >= 0.3 is 0 Å². The molecule has 0 amide bonds. The second-order valence-corrected chi connectivity index (χ2v) is 6.13. The van der Waals surface area contributed by atoms with E-state index < -0.39 is 0 Å². The summed E-state index contributed by atoms with van der Waals surface area (Å²) in [6.45, 7) is 16.5. The molecule has 1 rings (SSSR count). The second kappa shape index (κ2) is 6.33. The highest BCUT2D eigenvalue weighted by molar-refractivity contribution is 4.89. The van der Waals surface area contributed by atoms with Crippen molar-refractivity contribution in [1.29, 1.82) is 0 Å². The zero-order valence-corrected chi connectivity index (χ0v) is 12.8. The lowest BCUT2D eigenvalue weighted by molar-refractivity contribution is -0.204. The van der Waals surface area contributed by atoms with Crippen LogP contribution >= 0.6 is 0 Å². The Balaban J connectivity index is 2.58. The molecule has 0 saturated carbocycles. The molecule has 0 aromatic rings. The highest BCUT2D eigenvalue weighted by Crippen LogP contribution is 2.28. The minimum Gasteiger partial charge on any atom is -0.367 e. The summed E-state index contributed by atoms with van der Waals surface area (Å²) in [7, 11) is 0. The molecular formula is C14H29NO3. The molecule has 1 heterocycles. The minimum atomic E-state index is -0.135. The maximum Gasteiger partial charge on any atom is 0.170 e. The molecule has 0 radical (unpaired) electrons. The molecule has 108 valence electrons. The maximum atomic E-state index is 6.07. The van der Waals surface area contributed by atoms with E-state index in [1.54, 1.807) is 0 Å². The van der Waals surface area contributed by atoms with Gasteiger partial charge in [0.15, 0.2) is 6.29 Å². The molecule has 0 aromatic carbocycles. The Morgan fingerprint density at radius 3 is 1.83 bits per heavy atom. The highest BCUT2D eigenvalue weighted by Gasteiger charge is 2.38. The fourth-order valence-corrected chi connectivity index (χ4v) is 2.81. The molecule has 1 aliphatic rings. The zero-order valence-electron chi connectivity index (χ0n) is 12.8. The topological polar surface area (TPSA) is 30.9 Å². The molecule has 0 spiro atoms. The molecule has 4 heteroatoms. The summed E-state index contributed by atoms with van der Waals surface area (Å²) in [4.78, 5) is 2.37. The molecule has 4 nitrogen and oxygen atoms in total. The van der Waals surface area contributed by atoms with Crippen LogP contribution < -0.4 is 0 Å². The molecule has 1 aliphatic heterocycles. The van der Waals surface area contributed by atoms with Gasteiger partial charge in [-0.15, -0.1) is 0 Å². The highest BCUT2D eigenvalue weighted by atomic mass is 16.7. The van der Waals surface area contributed by atoms with Crippen LogP contribution in [0.25, 0.3) is 0 Å². The van der Waals surface area contributed by atoms with Gasteiger partial charge in [0, 0.05) is 32.8 Å². The van der Waals surface area contributed by atoms with E-state index >= 15 is 0 Å². The van der Waals surface area contributed by atoms with Crippen molar-refractivity contribution in [3.05, 3.63) is 0 Å². The van der Waals surface area contributed by atoms with Crippen LogP contribution in [0.2, 0.25) is 0 Å². The van der Waals surface area contributed by atoms with E-state index in [1.165, 1.54) is 0 Å². The van der Waals surface area contributed by atoms with E-state index in [4.69, 9.17) is 14.2 Å². The Hall–Kier alpha value is -0.160. The SMILES string of the molecule is CCOC(CN1CC(C)(C)OC(C)(C)C1)OCC. The first-order valence-corrected chi connectivity index (χ1v) is 6.94. The lowest BCUT2D eigenvalue weighted by atomic mass is 9.99. The van der Waals surface area contributed by atoms with Crippen LogP contribution in [0.4, 0.5) is 0 Å². The average molecular weight is 259 g/mol. The number of morpholine rings is 1. The quantitative estimate of drug-likeness (QED) is 0.685. The Morgan fingerprint density at radius 1 is 1.00 bits per heavy atom. The molecule has 0 N–H and O–H groups in total. The Bertz CT molecular complexity index is 231. The molecule has 18 heavy (non-hydrogen) atoms. The second-order valence-electron chi connectivity index (χ2n) is 6.13. The summed E-state index contributed by atoms with van der Waals surface area (Å²) in [5, 5.41) is 0. The monoisotopic (exact) mass is 259 g/mol. The van der Waals surface area contributed by atoms with Crippen molar-refractivity contribution in [1.82, 2.24) is 4.90 Å². The molecule has 1 fully saturated rings. The summed E-state index contributed by atoms with van der Waals surface area (Å²) >= 11 is 0. The minimum absolute atomic E-state index is 0.120. The largest absolute Gasteiger partial charge is 0.367 e. The normalized spacial score (nSPS) is 23.5. The van der Waals surface area contributed by atoms with E-state index in [0.717, 1.165) is 19.6 Å². The zero-order chi connectivity index (χ0) is 13.8. The molecular weight excluding hydrogens is 230 g/mol. The standard InChI is InChI=1S/C14H29NO3/c1-7-16-12(17-8-2)9-15-10-13(3,4)18-14(5,6)11-15/h12H,7-11H2,1-6H3. The fourth-order valence-electron chi connectivity index (χ4n) is 2.81. The Labute approximate surface area is 112 Å². The van der Waals surface area contributed by atoms with Gasteiger partial charge in [-0.25, -0.2) is 0 Å². The summed E-state index contributed by atoms with van der Waals surface area (Å²) in [5.74, 6) is 0. The number of nitrogens with zero attached hydrogens (tertiary/aromatic N) is 1. The van der Waals surface area contributed by atoms with E-state index in [9.17, 15) is 0 Å². The summed E-state index contributed by atoms with van der Waals surface area (Å²) in [5.41, 5.74) is -0.241. The first kappa shape index (κ1) is 15.9. The predicted octanol–water partition coefficient (Wildman–Crippen LogP) is 2.27. The lowest BCUT2D eigenvalue weighted by Gasteiger charge is -2.47. The number of hydrogen-bond donors (Lipinski definition) is 0. The Kier molecular flexibility index (Phi) is 5.59. The summed E-state index contributed by atoms with van der Waals surface area (Å²) in [6.07, 6.45) is -0.135. The van der Waals surface area contributed by atoms with Gasteiger partial charge in [-0.05, 0) is 41.5 Å². The van der Waals surface area contributed by atoms with Crippen molar-refractivity contribution < 1.29 is 14.2 Å². The molecule has 0 bridgehead atoms. The summed E-state index contributed by atoms with van der Waals surface area (Å²) < 4.78 is 17.3. The van der Waals surface area contributed by atoms with Crippen LogP contribution in [0.1, 0.15) is 41.5 Å². The van der Waals surface area contributed by atoms with Crippen LogP contribution in [-0.4, -0.2) is 55.2 Å². The van der Waals surface area contributed by atoms with Crippen molar-refractivity contribution in [2.24, 2.45) is 0 Å². The molecule has 0 unspecified atom stereocenters. The summed E-state index contributed by atoms with van der Waals surface area (Å²) in [6, 6.07) is 0. The third-order valence-corrected chi connectivity index (χ3v) is 2.87. The van der Waals surface area contributed by atoms with Gasteiger partial charge in [0.25, 0.3) is 0 Å². The van der Waals surface area contributed by atoms with Crippen molar-refractivity contribution in [3.8, 4) is 0 Å². The first-order chi connectivity index (χ1) is 8.28. The van der Waals surface area contributed by atoms with Crippen LogP contribution in [0, 0.1) is 0 Å². The van der Waals surface area contributed by atoms with Crippen LogP contribution in [-0.2, 0) is 14.2 Å². The Morgan fingerprint density at radius 2 is 1.44 bits per heavy atom. The third-order valence-electron chi connectivity index (χ3n) is 2.87. The van der Waals surface area contributed by atoms with Gasteiger partial charge < -0.3 is 14.2 Å². The van der Waals surface area contributed by atoms with E-state index in [2.05, 4.69) is 32.6 Å². The predicted molar refractivity (Wildman–Crippen MR) is 72.7 cm³/mol. The van der Waals surface area contributed by atoms with E-state index in [0.29, 0.717) is 13.2 Å². The van der Waals surface area contributed by atoms with Gasteiger partial charge in [0.2, 0.25) is 0 Å². The van der Waals surface area contributed by atoms with E-state index in [-0.39, 0.29) is 17.5 Å². The van der Waals surface area contributed by atoms with Crippen molar-refractivity contribution in [2.45, 2.75) is 59.0 Å². The molecule has 0 aliphatic carbocycles. The fraction of sp³-hybridized carbons (Fsp3) is 1.00. The number of ether oxygens (including phenoxy) is 3. The molecule has 1 saturated heterocycles.